The van der Waals surface area contributed by atoms with Crippen LogP contribution in [0.25, 0.3) is 0 Å². The molecule has 2 heterocycles. The summed E-state index contributed by atoms with van der Waals surface area (Å²) in [5.74, 6) is -0.335. The molecule has 0 spiro atoms. The van der Waals surface area contributed by atoms with Crippen LogP contribution in [-0.2, 0) is 16.9 Å². The van der Waals surface area contributed by atoms with Crippen molar-refractivity contribution in [1.29, 1.82) is 0 Å². The Morgan fingerprint density at radius 1 is 1.13 bits per heavy atom. The minimum atomic E-state index is -1.93. The van der Waals surface area contributed by atoms with E-state index in [0.717, 1.165) is 15.6 Å². The molecule has 1 aliphatic heterocycles. The van der Waals surface area contributed by atoms with Crippen molar-refractivity contribution in [2.45, 2.75) is 39.3 Å². The van der Waals surface area contributed by atoms with Crippen molar-refractivity contribution in [3.8, 4) is 0 Å². The Morgan fingerprint density at radius 2 is 1.83 bits per heavy atom. The zero-order valence-corrected chi connectivity index (χ0v) is 18.6. The summed E-state index contributed by atoms with van der Waals surface area (Å²) in [5.41, 5.74) is 2.30. The van der Waals surface area contributed by atoms with E-state index in [1.165, 1.54) is 6.26 Å². The fourth-order valence-electron chi connectivity index (χ4n) is 4.04. The van der Waals surface area contributed by atoms with Crippen LogP contribution in [0.1, 0.15) is 44.8 Å². The zero-order chi connectivity index (χ0) is 21.6. The highest BCUT2D eigenvalue weighted by molar-refractivity contribution is 9.10. The Morgan fingerprint density at radius 3 is 2.47 bits per heavy atom. The largest absolute Gasteiger partial charge is 0.469 e. The van der Waals surface area contributed by atoms with Crippen LogP contribution in [0.2, 0.25) is 0 Å². The van der Waals surface area contributed by atoms with Gasteiger partial charge in [0, 0.05) is 10.0 Å². The predicted octanol–water partition coefficient (Wildman–Crippen LogP) is 4.97. The molecule has 0 bridgehead atoms. The van der Waals surface area contributed by atoms with Crippen LogP contribution in [-0.4, -0.2) is 16.8 Å². The minimum Gasteiger partial charge on any atom is -0.469 e. The number of aliphatic hydroxyl groups is 1. The number of ketones is 1. The number of halogens is 1. The molecule has 0 saturated heterocycles. The van der Waals surface area contributed by atoms with Gasteiger partial charge >= 0.3 is 0 Å². The third-order valence-corrected chi connectivity index (χ3v) is 6.10. The number of furan rings is 1. The Hall–Kier alpha value is -2.70. The maximum Gasteiger partial charge on any atom is 0.264 e. The average Bonchev–Trinajstić information content (AvgIpc) is 3.13. The van der Waals surface area contributed by atoms with Gasteiger partial charge in [-0.3, -0.25) is 9.59 Å². The van der Waals surface area contributed by atoms with Gasteiger partial charge in [-0.15, -0.1) is 0 Å². The number of amides is 1. The number of nitrogens with zero attached hydrogens (tertiary/aromatic N) is 1. The molecule has 0 radical (unpaired) electrons. The zero-order valence-electron chi connectivity index (χ0n) is 17.0. The average molecular weight is 468 g/mol. The molecule has 3 aromatic rings. The molecule has 1 atom stereocenters. The fourth-order valence-corrected chi connectivity index (χ4v) is 4.40. The quantitative estimate of drug-likeness (QED) is 0.537. The molecule has 154 valence electrons. The summed E-state index contributed by atoms with van der Waals surface area (Å²) in [6.45, 7) is 5.79. The van der Waals surface area contributed by atoms with Gasteiger partial charge in [0.15, 0.2) is 11.4 Å². The summed E-state index contributed by atoms with van der Waals surface area (Å²) < 4.78 is 6.06. The minimum absolute atomic E-state index is 0.314. The van der Waals surface area contributed by atoms with E-state index in [9.17, 15) is 14.7 Å². The summed E-state index contributed by atoms with van der Waals surface area (Å²) in [4.78, 5) is 28.0. The van der Waals surface area contributed by atoms with Crippen molar-refractivity contribution in [3.05, 3.63) is 86.8 Å². The summed E-state index contributed by atoms with van der Waals surface area (Å²) in [5, 5.41) is 11.5. The Balaban J connectivity index is 1.73. The molecule has 2 aromatic carbocycles. The van der Waals surface area contributed by atoms with Crippen LogP contribution >= 0.6 is 15.9 Å². The van der Waals surface area contributed by atoms with Crippen molar-refractivity contribution in [1.82, 2.24) is 0 Å². The van der Waals surface area contributed by atoms with Crippen molar-refractivity contribution < 1.29 is 19.1 Å². The lowest BCUT2D eigenvalue weighted by Gasteiger charge is -2.23. The second-order valence-corrected chi connectivity index (χ2v) is 8.76. The second kappa shape index (κ2) is 7.52. The van der Waals surface area contributed by atoms with Crippen LogP contribution in [0.15, 0.2) is 57.6 Å². The van der Waals surface area contributed by atoms with Gasteiger partial charge < -0.3 is 14.4 Å². The molecule has 4 rings (SSSR count). The number of aryl methyl sites for hydroxylation is 3. The molecule has 1 aromatic heterocycles. The monoisotopic (exact) mass is 467 g/mol. The van der Waals surface area contributed by atoms with Crippen LogP contribution in [0, 0.1) is 20.8 Å². The summed E-state index contributed by atoms with van der Waals surface area (Å²) in [7, 11) is 0. The van der Waals surface area contributed by atoms with Crippen LogP contribution < -0.4 is 4.90 Å². The number of carbonyl (C=O) groups excluding carboxylic acids is 2. The van der Waals surface area contributed by atoms with E-state index < -0.39 is 11.5 Å². The third kappa shape index (κ3) is 3.40. The number of fused-ring (bicyclic) bond motifs is 1. The van der Waals surface area contributed by atoms with Gasteiger partial charge in [-0.2, -0.15) is 0 Å². The van der Waals surface area contributed by atoms with Gasteiger partial charge in [0.25, 0.3) is 5.91 Å². The highest BCUT2D eigenvalue weighted by Crippen LogP contribution is 2.45. The molecule has 0 saturated carbocycles. The first-order valence-corrected chi connectivity index (χ1v) is 10.5. The first kappa shape index (κ1) is 20.6. The SMILES string of the molecule is Cc1ccc(CN2C(=O)C(O)(CC(=O)c3c(C)coc3C)c3cc(Br)ccc32)cc1. The number of benzene rings is 2. The van der Waals surface area contributed by atoms with Gasteiger partial charge in [0.05, 0.1) is 30.5 Å². The molecular weight excluding hydrogens is 446 g/mol. The lowest BCUT2D eigenvalue weighted by Crippen LogP contribution is -2.41. The summed E-state index contributed by atoms with van der Waals surface area (Å²) in [6, 6.07) is 13.2. The van der Waals surface area contributed by atoms with Crippen LogP contribution in [0.3, 0.4) is 0 Å². The van der Waals surface area contributed by atoms with E-state index in [1.807, 2.05) is 37.3 Å². The number of Topliss-reactive ketones (excluding diaryl/α,β-unsaturated/α-hetero) is 1. The van der Waals surface area contributed by atoms with Gasteiger partial charge in [0.2, 0.25) is 0 Å². The number of hydrogen-bond donors (Lipinski definition) is 1. The van der Waals surface area contributed by atoms with Crippen molar-refractivity contribution in [2.24, 2.45) is 0 Å². The van der Waals surface area contributed by atoms with Gasteiger partial charge in [-0.1, -0.05) is 45.8 Å². The Labute approximate surface area is 183 Å². The van der Waals surface area contributed by atoms with Gasteiger partial charge in [0.1, 0.15) is 5.76 Å². The molecule has 6 heteroatoms. The number of hydrogen-bond acceptors (Lipinski definition) is 4. The van der Waals surface area contributed by atoms with Gasteiger partial charge in [-0.05, 0) is 50.1 Å². The molecule has 1 unspecified atom stereocenters. The topological polar surface area (TPSA) is 70.8 Å². The van der Waals surface area contributed by atoms with E-state index in [0.29, 0.717) is 34.7 Å². The second-order valence-electron chi connectivity index (χ2n) is 7.85. The number of carbonyl (C=O) groups is 2. The van der Waals surface area contributed by atoms with Crippen molar-refractivity contribution in [2.75, 3.05) is 4.90 Å². The molecule has 1 N–H and O–H groups in total. The Bertz CT molecular complexity index is 1130. The maximum atomic E-state index is 13.4. The lowest BCUT2D eigenvalue weighted by atomic mass is 9.87. The lowest BCUT2D eigenvalue weighted by molar-refractivity contribution is -0.136. The van der Waals surface area contributed by atoms with Crippen molar-refractivity contribution in [3.63, 3.8) is 0 Å². The third-order valence-electron chi connectivity index (χ3n) is 5.61. The number of rotatable bonds is 5. The van der Waals surface area contributed by atoms with Crippen LogP contribution in [0.4, 0.5) is 5.69 Å². The molecule has 1 amide bonds. The Kier molecular flexibility index (Phi) is 5.16. The van der Waals surface area contributed by atoms with Gasteiger partial charge in [-0.25, -0.2) is 0 Å². The van der Waals surface area contributed by atoms with E-state index in [-0.39, 0.29) is 12.2 Å². The molecule has 5 nitrogen and oxygen atoms in total. The highest BCUT2D eigenvalue weighted by Gasteiger charge is 2.51. The summed E-state index contributed by atoms with van der Waals surface area (Å²) in [6.07, 6.45) is 1.16. The standard InChI is InChI=1S/C24H22BrNO4/c1-14-4-6-17(7-5-14)12-26-20-9-8-18(25)10-19(20)24(29,23(26)28)11-21(27)22-15(2)13-30-16(22)3/h4-10,13,29H,11-12H2,1-3H3. The maximum absolute atomic E-state index is 13.4. The molecule has 0 fully saturated rings. The predicted molar refractivity (Wildman–Crippen MR) is 118 cm³/mol. The van der Waals surface area contributed by atoms with E-state index in [4.69, 9.17) is 4.42 Å². The summed E-state index contributed by atoms with van der Waals surface area (Å²) >= 11 is 3.42. The first-order chi connectivity index (χ1) is 14.2. The van der Waals surface area contributed by atoms with Crippen molar-refractivity contribution >= 4 is 33.3 Å². The van der Waals surface area contributed by atoms with E-state index in [1.54, 1.807) is 30.9 Å². The first-order valence-electron chi connectivity index (χ1n) is 9.68. The number of anilines is 1. The molecule has 0 aliphatic carbocycles. The van der Waals surface area contributed by atoms with Crippen LogP contribution in [0.5, 0.6) is 0 Å². The van der Waals surface area contributed by atoms with E-state index in [2.05, 4.69) is 15.9 Å². The normalized spacial score (nSPS) is 18.0. The molecular formula is C24H22BrNO4. The van der Waals surface area contributed by atoms with E-state index >= 15 is 0 Å². The fraction of sp³-hybridized carbons (Fsp3) is 0.250. The highest BCUT2D eigenvalue weighted by atomic mass is 79.9. The smallest absolute Gasteiger partial charge is 0.264 e. The molecule has 30 heavy (non-hydrogen) atoms. The molecule has 1 aliphatic rings.